The molecule has 4 fully saturated rings. The number of ether oxygens (including phenoxy) is 1. The highest BCUT2D eigenvalue weighted by molar-refractivity contribution is 6.36. The fraction of sp³-hybridized carbons (Fsp3) is 0.455. The molecular formula is C33H37ClFN5O2. The van der Waals surface area contributed by atoms with E-state index in [9.17, 15) is 9.50 Å². The number of aromatic nitrogens is 2. The Morgan fingerprint density at radius 2 is 1.83 bits per heavy atom. The van der Waals surface area contributed by atoms with E-state index in [1.165, 1.54) is 12.8 Å². The average Bonchev–Trinajstić information content (AvgIpc) is 3.63. The summed E-state index contributed by atoms with van der Waals surface area (Å²) >= 11 is 6.61. The first-order valence-electron chi connectivity index (χ1n) is 15.1. The predicted molar refractivity (Wildman–Crippen MR) is 167 cm³/mol. The minimum atomic E-state index is -0.518. The van der Waals surface area contributed by atoms with Gasteiger partial charge in [0.25, 0.3) is 0 Å². The van der Waals surface area contributed by atoms with Crippen LogP contribution in [0.15, 0.2) is 42.5 Å². The predicted octanol–water partition coefficient (Wildman–Crippen LogP) is 6.26. The molecule has 42 heavy (non-hydrogen) atoms. The smallest absolute Gasteiger partial charge is 0.318 e. The average molecular weight is 590 g/mol. The molecule has 0 aliphatic carbocycles. The molecule has 5 heterocycles. The molecule has 9 heteroatoms. The van der Waals surface area contributed by atoms with Gasteiger partial charge in [-0.05, 0) is 91.9 Å². The summed E-state index contributed by atoms with van der Waals surface area (Å²) in [5.74, 6) is 1.15. The summed E-state index contributed by atoms with van der Waals surface area (Å²) < 4.78 is 18.1. The van der Waals surface area contributed by atoms with Crippen molar-refractivity contribution < 1.29 is 14.2 Å². The van der Waals surface area contributed by atoms with Crippen molar-refractivity contribution in [2.24, 2.45) is 0 Å². The molecule has 2 N–H and O–H groups in total. The van der Waals surface area contributed by atoms with Gasteiger partial charge < -0.3 is 20.1 Å². The number of phenols is 1. The fourth-order valence-electron chi connectivity index (χ4n) is 7.61. The van der Waals surface area contributed by atoms with Crippen molar-refractivity contribution in [3.05, 3.63) is 53.1 Å². The zero-order valence-electron chi connectivity index (χ0n) is 24.1. The van der Waals surface area contributed by atoms with Gasteiger partial charge >= 0.3 is 6.01 Å². The molecule has 0 radical (unpaired) electrons. The van der Waals surface area contributed by atoms with E-state index < -0.39 is 6.17 Å². The van der Waals surface area contributed by atoms with E-state index in [0.29, 0.717) is 35.7 Å². The van der Waals surface area contributed by atoms with Crippen molar-refractivity contribution in [1.29, 1.82) is 0 Å². The molecule has 7 nitrogen and oxygen atoms in total. The molecule has 4 saturated heterocycles. The summed E-state index contributed by atoms with van der Waals surface area (Å²) in [5.41, 5.74) is 3.72. The Balaban J connectivity index is 0.000000272. The van der Waals surface area contributed by atoms with Crippen LogP contribution in [0.1, 0.15) is 37.7 Å². The highest BCUT2D eigenvalue weighted by atomic mass is 35.5. The second kappa shape index (κ2) is 11.1. The number of nitrogens with one attached hydrogen (secondary N) is 1. The van der Waals surface area contributed by atoms with Crippen LogP contribution in [-0.2, 0) is 0 Å². The lowest BCUT2D eigenvalue weighted by Gasteiger charge is -2.37. The van der Waals surface area contributed by atoms with Gasteiger partial charge in [0, 0.05) is 53.6 Å². The van der Waals surface area contributed by atoms with Crippen molar-refractivity contribution in [1.82, 2.24) is 20.2 Å². The SMILES string of the molecule is COc1nc(N2C3CCC2CNC3)c2ccc(-c3cc(O)cc4cccc(Cl)c34)c(C)c2n1.FC1CC2CCCN2C1. The van der Waals surface area contributed by atoms with Crippen LogP contribution < -0.4 is 15.0 Å². The lowest BCUT2D eigenvalue weighted by atomic mass is 9.93. The number of benzene rings is 3. The third kappa shape index (κ3) is 4.83. The summed E-state index contributed by atoms with van der Waals surface area (Å²) in [7, 11) is 1.61. The van der Waals surface area contributed by atoms with E-state index in [4.69, 9.17) is 26.3 Å². The third-order valence-corrected chi connectivity index (χ3v) is 9.86. The minimum absolute atomic E-state index is 0.206. The van der Waals surface area contributed by atoms with Crippen LogP contribution in [0.25, 0.3) is 32.8 Å². The Morgan fingerprint density at radius 1 is 1.02 bits per heavy atom. The molecule has 0 amide bonds. The number of anilines is 1. The molecule has 4 aromatic rings. The Kier molecular flexibility index (Phi) is 7.32. The maximum Gasteiger partial charge on any atom is 0.318 e. The lowest BCUT2D eigenvalue weighted by Crippen LogP contribution is -2.52. The Hall–Kier alpha value is -3.20. The van der Waals surface area contributed by atoms with Crippen LogP contribution >= 0.6 is 11.6 Å². The highest BCUT2D eigenvalue weighted by Crippen LogP contribution is 2.42. The zero-order chi connectivity index (χ0) is 29.0. The molecule has 4 unspecified atom stereocenters. The van der Waals surface area contributed by atoms with Gasteiger partial charge in [0.15, 0.2) is 0 Å². The van der Waals surface area contributed by atoms with E-state index in [2.05, 4.69) is 34.2 Å². The maximum absolute atomic E-state index is 12.6. The standard InChI is InChI=1S/C26H25ClN4O2.C7H12FN/c1-14-19(21-11-18(32)10-15-4-3-5-22(27)23(15)21)8-9-20-24(14)29-26(33-2)30-25(20)31-16-6-7-17(31)13-28-12-16;8-6-4-7-2-1-3-9(7)5-6/h3-5,8-11,16-17,28,32H,6-7,12-13H2,1-2H3;6-7H,1-5H2. The number of hydrogen-bond acceptors (Lipinski definition) is 7. The fourth-order valence-corrected chi connectivity index (χ4v) is 7.89. The number of halogens is 2. The summed E-state index contributed by atoms with van der Waals surface area (Å²) in [6.45, 7) is 5.85. The Morgan fingerprint density at radius 3 is 2.60 bits per heavy atom. The summed E-state index contributed by atoms with van der Waals surface area (Å²) in [6.07, 6.45) is 5.14. The van der Waals surface area contributed by atoms with Gasteiger partial charge in [-0.15, -0.1) is 0 Å². The number of nitrogens with zero attached hydrogens (tertiary/aromatic N) is 4. The molecule has 1 aromatic heterocycles. The van der Waals surface area contributed by atoms with Crippen LogP contribution in [0.5, 0.6) is 11.8 Å². The van der Waals surface area contributed by atoms with Gasteiger partial charge in [0.1, 0.15) is 17.7 Å². The molecule has 4 aliphatic heterocycles. The lowest BCUT2D eigenvalue weighted by molar-refractivity contribution is 0.292. The number of hydrogen-bond donors (Lipinski definition) is 2. The van der Waals surface area contributed by atoms with Crippen molar-refractivity contribution in [3.63, 3.8) is 0 Å². The normalized spacial score (nSPS) is 25.1. The van der Waals surface area contributed by atoms with Gasteiger partial charge in [-0.3, -0.25) is 4.90 Å². The third-order valence-electron chi connectivity index (χ3n) is 9.55. The van der Waals surface area contributed by atoms with Crippen molar-refractivity contribution in [2.45, 2.75) is 63.3 Å². The van der Waals surface area contributed by atoms with Gasteiger partial charge in [-0.1, -0.05) is 29.8 Å². The number of aryl methyl sites for hydroxylation is 1. The molecule has 3 aromatic carbocycles. The summed E-state index contributed by atoms with van der Waals surface area (Å²) in [5, 5.41) is 17.5. The molecule has 0 spiro atoms. The first kappa shape index (κ1) is 27.6. The number of piperazine rings is 1. The monoisotopic (exact) mass is 589 g/mol. The van der Waals surface area contributed by atoms with Gasteiger partial charge in [-0.2, -0.15) is 9.97 Å². The van der Waals surface area contributed by atoms with Gasteiger partial charge in [0.05, 0.1) is 12.6 Å². The van der Waals surface area contributed by atoms with E-state index >= 15 is 0 Å². The molecular weight excluding hydrogens is 553 g/mol. The van der Waals surface area contributed by atoms with E-state index in [1.807, 2.05) is 18.2 Å². The first-order valence-corrected chi connectivity index (χ1v) is 15.4. The van der Waals surface area contributed by atoms with Crippen molar-refractivity contribution in [3.8, 4) is 22.9 Å². The Labute approximate surface area is 250 Å². The molecule has 0 saturated carbocycles. The van der Waals surface area contributed by atoms with Crippen LogP contribution in [0.2, 0.25) is 5.02 Å². The van der Waals surface area contributed by atoms with Crippen LogP contribution in [0, 0.1) is 6.92 Å². The molecule has 4 aliphatic rings. The molecule has 4 atom stereocenters. The van der Waals surface area contributed by atoms with E-state index in [1.54, 1.807) is 19.2 Å². The number of alkyl halides is 1. The van der Waals surface area contributed by atoms with Crippen molar-refractivity contribution >= 4 is 39.1 Å². The molecule has 2 bridgehead atoms. The number of aromatic hydroxyl groups is 1. The summed E-state index contributed by atoms with van der Waals surface area (Å²) in [4.78, 5) is 14.3. The first-order chi connectivity index (χ1) is 20.4. The number of phenolic OH excluding ortho intramolecular Hbond substituents is 1. The summed E-state index contributed by atoms with van der Waals surface area (Å²) in [6, 6.07) is 15.3. The number of methoxy groups -OCH3 is 1. The van der Waals surface area contributed by atoms with Crippen LogP contribution in [0.3, 0.4) is 0 Å². The highest BCUT2D eigenvalue weighted by Gasteiger charge is 2.38. The zero-order valence-corrected chi connectivity index (χ0v) is 24.9. The molecule has 8 rings (SSSR count). The number of fused-ring (bicyclic) bond motifs is 5. The quantitative estimate of drug-likeness (QED) is 0.292. The number of rotatable bonds is 3. The van der Waals surface area contributed by atoms with Crippen LogP contribution in [-0.4, -0.2) is 77.6 Å². The maximum atomic E-state index is 12.6. The van der Waals surface area contributed by atoms with E-state index in [0.717, 1.165) is 83.1 Å². The van der Waals surface area contributed by atoms with E-state index in [-0.39, 0.29) is 5.75 Å². The van der Waals surface area contributed by atoms with Gasteiger partial charge in [-0.25, -0.2) is 4.39 Å². The second-order valence-electron chi connectivity index (χ2n) is 12.1. The second-order valence-corrected chi connectivity index (χ2v) is 12.5. The van der Waals surface area contributed by atoms with Gasteiger partial charge in [0.2, 0.25) is 0 Å². The Bertz CT molecular complexity index is 1620. The molecule has 220 valence electrons. The topological polar surface area (TPSA) is 73.8 Å². The van der Waals surface area contributed by atoms with Crippen LogP contribution in [0.4, 0.5) is 10.2 Å². The minimum Gasteiger partial charge on any atom is -0.508 e. The largest absolute Gasteiger partial charge is 0.508 e. The van der Waals surface area contributed by atoms with Crippen molar-refractivity contribution in [2.75, 3.05) is 38.2 Å².